The Morgan fingerprint density at radius 3 is 2.55 bits per heavy atom. The minimum atomic E-state index is -4.11. The summed E-state index contributed by atoms with van der Waals surface area (Å²) in [5.41, 5.74) is 1.23. The molecule has 0 radical (unpaired) electrons. The molecule has 0 atom stereocenters. The van der Waals surface area contributed by atoms with Gasteiger partial charge in [-0.1, -0.05) is 30.3 Å². The SMILES string of the molecule is COC(=O)CN(c1csc(-c2ccccc2)c1Br)S(N)(=O)=O. The molecule has 0 spiro atoms. The second-order valence-corrected chi connectivity index (χ2v) is 7.40. The first-order valence-corrected chi connectivity index (χ1v) is 9.22. The van der Waals surface area contributed by atoms with E-state index in [1.54, 1.807) is 5.38 Å². The number of anilines is 1. The van der Waals surface area contributed by atoms with Crippen LogP contribution in [-0.2, 0) is 19.7 Å². The van der Waals surface area contributed by atoms with Gasteiger partial charge in [-0.3, -0.25) is 4.79 Å². The van der Waals surface area contributed by atoms with Crippen molar-refractivity contribution in [1.82, 2.24) is 0 Å². The normalized spacial score (nSPS) is 11.2. The number of hydrogen-bond acceptors (Lipinski definition) is 5. The van der Waals surface area contributed by atoms with E-state index < -0.39 is 22.7 Å². The maximum Gasteiger partial charge on any atom is 0.326 e. The average molecular weight is 405 g/mol. The van der Waals surface area contributed by atoms with Gasteiger partial charge in [0.05, 0.1) is 22.1 Å². The average Bonchev–Trinajstić information content (AvgIpc) is 2.85. The van der Waals surface area contributed by atoms with Gasteiger partial charge in [0.2, 0.25) is 0 Å². The van der Waals surface area contributed by atoms with Gasteiger partial charge in [-0.25, -0.2) is 9.44 Å². The molecule has 0 saturated heterocycles. The van der Waals surface area contributed by atoms with Crippen LogP contribution in [0.25, 0.3) is 10.4 Å². The molecular formula is C13H13BrN2O4S2. The highest BCUT2D eigenvalue weighted by molar-refractivity contribution is 9.10. The zero-order valence-corrected chi connectivity index (χ0v) is 14.7. The molecule has 0 unspecified atom stereocenters. The van der Waals surface area contributed by atoms with Crippen molar-refractivity contribution in [2.24, 2.45) is 5.14 Å². The molecule has 0 amide bonds. The van der Waals surface area contributed by atoms with Crippen molar-refractivity contribution in [3.05, 3.63) is 40.2 Å². The highest BCUT2D eigenvalue weighted by atomic mass is 79.9. The molecule has 118 valence electrons. The second kappa shape index (κ2) is 6.78. The van der Waals surface area contributed by atoms with Crippen LogP contribution in [0.5, 0.6) is 0 Å². The Morgan fingerprint density at radius 1 is 1.36 bits per heavy atom. The van der Waals surface area contributed by atoms with Gasteiger partial charge in [0.15, 0.2) is 0 Å². The molecule has 6 nitrogen and oxygen atoms in total. The van der Waals surface area contributed by atoms with Gasteiger partial charge in [0.1, 0.15) is 6.54 Å². The molecule has 0 saturated carbocycles. The lowest BCUT2D eigenvalue weighted by Crippen LogP contribution is -2.40. The zero-order valence-electron chi connectivity index (χ0n) is 11.5. The van der Waals surface area contributed by atoms with Crippen molar-refractivity contribution >= 4 is 49.1 Å². The summed E-state index contributed by atoms with van der Waals surface area (Å²) in [6.45, 7) is -0.487. The first-order chi connectivity index (χ1) is 10.3. The van der Waals surface area contributed by atoms with Gasteiger partial charge in [-0.2, -0.15) is 8.42 Å². The highest BCUT2D eigenvalue weighted by Crippen LogP contribution is 2.42. The van der Waals surface area contributed by atoms with E-state index in [-0.39, 0.29) is 0 Å². The number of halogens is 1. The predicted molar refractivity (Wildman–Crippen MR) is 89.9 cm³/mol. The summed E-state index contributed by atoms with van der Waals surface area (Å²) in [7, 11) is -2.92. The van der Waals surface area contributed by atoms with Crippen molar-refractivity contribution in [3.8, 4) is 10.4 Å². The largest absolute Gasteiger partial charge is 0.468 e. The summed E-state index contributed by atoms with van der Waals surface area (Å²) in [4.78, 5) is 12.3. The quantitative estimate of drug-likeness (QED) is 0.774. The molecule has 0 aliphatic heterocycles. The summed E-state index contributed by atoms with van der Waals surface area (Å²) in [6, 6.07) is 9.46. The molecule has 2 N–H and O–H groups in total. The Bertz CT molecular complexity index is 775. The standard InChI is InChI=1S/C13H13BrN2O4S2/c1-20-11(17)7-16(22(15,18)19)10-8-21-13(12(10)14)9-5-3-2-4-6-9/h2-6,8H,7H2,1H3,(H2,15,18,19). The Balaban J connectivity index is 2.46. The van der Waals surface area contributed by atoms with Crippen LogP contribution in [0, 0.1) is 0 Å². The summed E-state index contributed by atoms with van der Waals surface area (Å²) >= 11 is 4.74. The number of rotatable bonds is 5. The van der Waals surface area contributed by atoms with Crippen LogP contribution in [0.3, 0.4) is 0 Å². The van der Waals surface area contributed by atoms with Crippen LogP contribution < -0.4 is 9.44 Å². The molecule has 1 heterocycles. The van der Waals surface area contributed by atoms with E-state index in [4.69, 9.17) is 5.14 Å². The van der Waals surface area contributed by atoms with Crippen LogP contribution in [0.15, 0.2) is 40.2 Å². The van der Waals surface area contributed by atoms with Crippen LogP contribution >= 0.6 is 27.3 Å². The molecule has 0 bridgehead atoms. The van der Waals surface area contributed by atoms with E-state index in [0.29, 0.717) is 10.2 Å². The molecular weight excluding hydrogens is 392 g/mol. The number of hydrogen-bond donors (Lipinski definition) is 1. The second-order valence-electron chi connectivity index (χ2n) is 4.26. The summed E-state index contributed by atoms with van der Waals surface area (Å²) in [5.74, 6) is -0.701. The van der Waals surface area contributed by atoms with E-state index in [1.807, 2.05) is 30.3 Å². The van der Waals surface area contributed by atoms with Gasteiger partial charge >= 0.3 is 5.97 Å². The lowest BCUT2D eigenvalue weighted by atomic mass is 10.2. The monoisotopic (exact) mass is 404 g/mol. The smallest absolute Gasteiger partial charge is 0.326 e. The van der Waals surface area contributed by atoms with E-state index >= 15 is 0 Å². The lowest BCUT2D eigenvalue weighted by molar-refractivity contribution is -0.138. The number of ether oxygens (including phenoxy) is 1. The number of esters is 1. The van der Waals surface area contributed by atoms with Gasteiger partial charge in [0.25, 0.3) is 10.2 Å². The minimum absolute atomic E-state index is 0.303. The molecule has 0 aliphatic rings. The van der Waals surface area contributed by atoms with Crippen molar-refractivity contribution in [2.45, 2.75) is 0 Å². The number of nitrogens with zero attached hydrogens (tertiary/aromatic N) is 1. The number of methoxy groups -OCH3 is 1. The first kappa shape index (κ1) is 16.9. The van der Waals surface area contributed by atoms with Crippen molar-refractivity contribution in [2.75, 3.05) is 18.0 Å². The first-order valence-electron chi connectivity index (χ1n) is 6.04. The molecule has 1 aromatic carbocycles. The fourth-order valence-corrected chi connectivity index (χ4v) is 4.61. The molecule has 1 aromatic heterocycles. The predicted octanol–water partition coefficient (Wildman–Crippen LogP) is 2.36. The van der Waals surface area contributed by atoms with E-state index in [1.165, 1.54) is 18.4 Å². The number of carbonyl (C=O) groups excluding carboxylic acids is 1. The molecule has 0 aliphatic carbocycles. The fourth-order valence-electron chi connectivity index (χ4n) is 1.78. The van der Waals surface area contributed by atoms with Crippen molar-refractivity contribution < 1.29 is 17.9 Å². The molecule has 0 fully saturated rings. The Morgan fingerprint density at radius 2 is 2.00 bits per heavy atom. The molecule has 2 aromatic rings. The van der Waals surface area contributed by atoms with Gasteiger partial charge in [0, 0.05) is 5.38 Å². The molecule has 2 rings (SSSR count). The van der Waals surface area contributed by atoms with Crippen LogP contribution in [0.1, 0.15) is 0 Å². The van der Waals surface area contributed by atoms with Crippen LogP contribution in [0.2, 0.25) is 0 Å². The third kappa shape index (κ3) is 3.67. The van der Waals surface area contributed by atoms with Gasteiger partial charge in [-0.15, -0.1) is 11.3 Å². The van der Waals surface area contributed by atoms with Gasteiger partial charge < -0.3 is 4.74 Å². The van der Waals surface area contributed by atoms with Crippen LogP contribution in [-0.4, -0.2) is 28.0 Å². The Kier molecular flexibility index (Phi) is 5.22. The fraction of sp³-hybridized carbons (Fsp3) is 0.154. The highest BCUT2D eigenvalue weighted by Gasteiger charge is 2.26. The maximum absolute atomic E-state index is 11.8. The molecule has 22 heavy (non-hydrogen) atoms. The zero-order chi connectivity index (χ0) is 16.3. The van der Waals surface area contributed by atoms with E-state index in [2.05, 4.69) is 20.7 Å². The topological polar surface area (TPSA) is 89.7 Å². The summed E-state index contributed by atoms with van der Waals surface area (Å²) < 4.78 is 29.4. The van der Waals surface area contributed by atoms with Crippen molar-refractivity contribution in [1.29, 1.82) is 0 Å². The third-order valence-corrected chi connectivity index (χ3v) is 5.85. The Hall–Kier alpha value is -1.42. The number of carbonyl (C=O) groups is 1. The number of thiophene rings is 1. The van der Waals surface area contributed by atoms with E-state index in [0.717, 1.165) is 14.7 Å². The molecule has 9 heteroatoms. The number of benzene rings is 1. The maximum atomic E-state index is 11.8. The summed E-state index contributed by atoms with van der Waals surface area (Å²) in [6.07, 6.45) is 0. The Labute approximate surface area is 140 Å². The number of nitrogens with two attached hydrogens (primary N) is 1. The summed E-state index contributed by atoms with van der Waals surface area (Å²) in [5, 5.41) is 6.83. The minimum Gasteiger partial charge on any atom is -0.468 e. The third-order valence-electron chi connectivity index (χ3n) is 2.82. The van der Waals surface area contributed by atoms with Gasteiger partial charge in [-0.05, 0) is 21.5 Å². The van der Waals surface area contributed by atoms with E-state index in [9.17, 15) is 13.2 Å². The van der Waals surface area contributed by atoms with Crippen molar-refractivity contribution in [3.63, 3.8) is 0 Å². The van der Waals surface area contributed by atoms with Crippen LogP contribution in [0.4, 0.5) is 5.69 Å². The lowest BCUT2D eigenvalue weighted by Gasteiger charge is -2.19.